The third-order valence-corrected chi connectivity index (χ3v) is 7.73. The van der Waals surface area contributed by atoms with E-state index in [1.54, 1.807) is 17.6 Å². The predicted octanol–water partition coefficient (Wildman–Crippen LogP) is 3.72. The maximum absolute atomic E-state index is 14.0. The lowest BCUT2D eigenvalue weighted by atomic mass is 9.85. The van der Waals surface area contributed by atoms with Crippen LogP contribution in [-0.2, 0) is 47.3 Å². The van der Waals surface area contributed by atoms with Crippen LogP contribution in [0.1, 0.15) is 57.7 Å². The molecule has 11 heteroatoms. The van der Waals surface area contributed by atoms with Crippen molar-refractivity contribution in [2.45, 2.75) is 59.8 Å². The van der Waals surface area contributed by atoms with E-state index in [0.29, 0.717) is 40.5 Å². The SMILES string of the molecule is CC[C@@]1(OC(C)=O)C(=O)OCc2c1cc1n(c2=O)Cc2c-1nc1cccc3c1c2N(CC(C)C)C(COC(C)=O)=N3. The van der Waals surface area contributed by atoms with Crippen LogP contribution >= 0.6 is 0 Å². The molecule has 0 radical (unpaired) electrons. The molecule has 0 saturated carbocycles. The smallest absolute Gasteiger partial charge is 0.355 e. The Labute approximate surface area is 235 Å². The zero-order valence-corrected chi connectivity index (χ0v) is 23.6. The lowest BCUT2D eigenvalue weighted by molar-refractivity contribution is -0.188. The van der Waals surface area contributed by atoms with Crippen molar-refractivity contribution in [3.05, 3.63) is 51.3 Å². The summed E-state index contributed by atoms with van der Waals surface area (Å²) in [6.45, 7) is 9.09. The molecule has 2 aromatic heterocycles. The number of rotatable bonds is 6. The average Bonchev–Trinajstić information content (AvgIpc) is 3.29. The third-order valence-electron chi connectivity index (χ3n) is 7.73. The van der Waals surface area contributed by atoms with E-state index in [1.165, 1.54) is 13.8 Å². The minimum Gasteiger partial charge on any atom is -0.458 e. The van der Waals surface area contributed by atoms with Crippen molar-refractivity contribution in [1.82, 2.24) is 9.55 Å². The molecule has 1 aromatic carbocycles. The summed E-state index contributed by atoms with van der Waals surface area (Å²) in [6, 6.07) is 7.40. The van der Waals surface area contributed by atoms with Crippen molar-refractivity contribution >= 4 is 46.0 Å². The highest BCUT2D eigenvalue weighted by molar-refractivity contribution is 6.16. The Kier molecular flexibility index (Phi) is 6.20. The summed E-state index contributed by atoms with van der Waals surface area (Å²) in [6.07, 6.45) is 0.103. The summed E-state index contributed by atoms with van der Waals surface area (Å²) >= 11 is 0. The summed E-state index contributed by atoms with van der Waals surface area (Å²) in [7, 11) is 0. The van der Waals surface area contributed by atoms with Gasteiger partial charge in [-0.1, -0.05) is 26.8 Å². The van der Waals surface area contributed by atoms with E-state index < -0.39 is 23.5 Å². The maximum Gasteiger partial charge on any atom is 0.355 e. The molecule has 5 heterocycles. The van der Waals surface area contributed by atoms with E-state index in [4.69, 9.17) is 24.2 Å². The monoisotopic (exact) mass is 558 g/mol. The van der Waals surface area contributed by atoms with Crippen LogP contribution in [0.4, 0.5) is 11.4 Å². The molecular weight excluding hydrogens is 528 g/mol. The molecule has 41 heavy (non-hydrogen) atoms. The van der Waals surface area contributed by atoms with Crippen LogP contribution in [0.15, 0.2) is 34.1 Å². The summed E-state index contributed by atoms with van der Waals surface area (Å²) in [4.78, 5) is 62.7. The van der Waals surface area contributed by atoms with Crippen LogP contribution in [0.25, 0.3) is 22.3 Å². The van der Waals surface area contributed by atoms with Crippen LogP contribution in [0.3, 0.4) is 0 Å². The number of benzene rings is 1. The van der Waals surface area contributed by atoms with Gasteiger partial charge in [-0.2, -0.15) is 0 Å². The number of hydrogen-bond acceptors (Lipinski definition) is 10. The molecule has 0 aliphatic carbocycles. The molecule has 0 fully saturated rings. The molecule has 1 atom stereocenters. The van der Waals surface area contributed by atoms with Crippen molar-refractivity contribution in [1.29, 1.82) is 0 Å². The van der Waals surface area contributed by atoms with Gasteiger partial charge in [0.1, 0.15) is 19.0 Å². The minimum atomic E-state index is -1.72. The summed E-state index contributed by atoms with van der Waals surface area (Å²) < 4.78 is 18.0. The second-order valence-electron chi connectivity index (χ2n) is 10.9. The van der Waals surface area contributed by atoms with E-state index in [1.807, 2.05) is 18.2 Å². The van der Waals surface area contributed by atoms with Crippen molar-refractivity contribution in [2.24, 2.45) is 10.9 Å². The van der Waals surface area contributed by atoms with Gasteiger partial charge < -0.3 is 23.7 Å². The highest BCUT2D eigenvalue weighted by Crippen LogP contribution is 2.47. The third kappa shape index (κ3) is 4.01. The fourth-order valence-electron chi connectivity index (χ4n) is 6.05. The van der Waals surface area contributed by atoms with Gasteiger partial charge in [-0.15, -0.1) is 0 Å². The van der Waals surface area contributed by atoms with E-state index in [0.717, 1.165) is 16.6 Å². The molecule has 6 rings (SSSR count). The highest BCUT2D eigenvalue weighted by Gasteiger charge is 2.50. The van der Waals surface area contributed by atoms with Gasteiger partial charge in [0.05, 0.1) is 45.8 Å². The zero-order chi connectivity index (χ0) is 29.2. The average molecular weight is 559 g/mol. The number of cyclic esters (lactones) is 1. The van der Waals surface area contributed by atoms with Gasteiger partial charge in [0.25, 0.3) is 5.56 Å². The Morgan fingerprint density at radius 3 is 2.61 bits per heavy atom. The lowest BCUT2D eigenvalue weighted by Crippen LogP contribution is -2.47. The van der Waals surface area contributed by atoms with E-state index in [-0.39, 0.29) is 43.2 Å². The standard InChI is InChI=1S/C30H30N4O7/c1-6-30(41-17(5)36)20-10-23-26-18(12-33(23)28(37)19(20)13-40-29(30)38)27-25-21(8-7-9-22(25)32-26)31-24(14-39-16(4)35)34(27)11-15(2)3/h7-10,15H,6,11-14H2,1-5H3/t30-/m0/s1. The lowest BCUT2D eigenvalue weighted by Gasteiger charge is -2.35. The van der Waals surface area contributed by atoms with Gasteiger partial charge in [-0.05, 0) is 30.5 Å². The van der Waals surface area contributed by atoms with Gasteiger partial charge in [-0.25, -0.2) is 14.8 Å². The number of nitrogens with zero attached hydrogens (tertiary/aromatic N) is 4. The highest BCUT2D eigenvalue weighted by atomic mass is 16.6. The Morgan fingerprint density at radius 2 is 1.93 bits per heavy atom. The number of carbonyl (C=O) groups is 3. The summed E-state index contributed by atoms with van der Waals surface area (Å²) in [5.74, 6) is -0.940. The Bertz CT molecular complexity index is 1760. The molecule has 11 nitrogen and oxygen atoms in total. The topological polar surface area (TPSA) is 129 Å². The van der Waals surface area contributed by atoms with Crippen LogP contribution < -0.4 is 10.5 Å². The zero-order valence-electron chi connectivity index (χ0n) is 23.6. The Morgan fingerprint density at radius 1 is 1.15 bits per heavy atom. The Hall–Kier alpha value is -4.54. The van der Waals surface area contributed by atoms with E-state index >= 15 is 0 Å². The molecule has 0 unspecified atom stereocenters. The van der Waals surface area contributed by atoms with Crippen molar-refractivity contribution in [3.63, 3.8) is 0 Å². The maximum atomic E-state index is 14.0. The molecule has 0 saturated heterocycles. The molecule has 3 aliphatic rings. The number of ether oxygens (including phenoxy) is 3. The largest absolute Gasteiger partial charge is 0.458 e. The van der Waals surface area contributed by atoms with Crippen molar-refractivity contribution in [3.8, 4) is 11.4 Å². The quantitative estimate of drug-likeness (QED) is 0.257. The molecule has 0 N–H and O–H groups in total. The summed E-state index contributed by atoms with van der Waals surface area (Å²) in [5, 5.41) is 0.852. The molecule has 3 aromatic rings. The number of aliphatic imine (C=N–C) groups is 1. The second kappa shape index (κ2) is 9.53. The minimum absolute atomic E-state index is 0.00295. The number of aromatic nitrogens is 2. The first-order chi connectivity index (χ1) is 19.6. The number of hydrogen-bond donors (Lipinski definition) is 0. The molecular formula is C30H30N4O7. The van der Waals surface area contributed by atoms with Crippen LogP contribution in [-0.4, -0.2) is 46.4 Å². The normalized spacial score (nSPS) is 18.4. The summed E-state index contributed by atoms with van der Waals surface area (Å²) in [5.41, 5.74) is 2.77. The first kappa shape index (κ1) is 26.7. The number of esters is 3. The van der Waals surface area contributed by atoms with Gasteiger partial charge in [-0.3, -0.25) is 14.4 Å². The predicted molar refractivity (Wildman–Crippen MR) is 150 cm³/mol. The number of amidine groups is 1. The fourth-order valence-corrected chi connectivity index (χ4v) is 6.05. The molecule has 0 spiro atoms. The first-order valence-electron chi connectivity index (χ1n) is 13.6. The van der Waals surface area contributed by atoms with Gasteiger partial charge in [0.2, 0.25) is 5.60 Å². The Balaban J connectivity index is 1.61. The second-order valence-corrected chi connectivity index (χ2v) is 10.9. The molecule has 212 valence electrons. The van der Waals surface area contributed by atoms with Crippen LogP contribution in [0.5, 0.6) is 0 Å². The van der Waals surface area contributed by atoms with Crippen molar-refractivity contribution < 1.29 is 28.6 Å². The molecule has 0 amide bonds. The van der Waals surface area contributed by atoms with Gasteiger partial charge in [0, 0.05) is 31.5 Å². The fraction of sp³-hybridized carbons (Fsp3) is 0.400. The van der Waals surface area contributed by atoms with Crippen molar-refractivity contribution in [2.75, 3.05) is 18.1 Å². The molecule has 3 aliphatic heterocycles. The van der Waals surface area contributed by atoms with E-state index in [9.17, 15) is 19.2 Å². The molecule has 0 bridgehead atoms. The number of anilines is 1. The first-order valence-corrected chi connectivity index (χ1v) is 13.6. The van der Waals surface area contributed by atoms with Gasteiger partial charge in [0.15, 0.2) is 0 Å². The van der Waals surface area contributed by atoms with Crippen LogP contribution in [0, 0.1) is 5.92 Å². The number of carbonyl (C=O) groups excluding carboxylic acids is 3. The number of fused-ring (bicyclic) bond motifs is 5. The van der Waals surface area contributed by atoms with E-state index in [2.05, 4.69) is 18.7 Å². The van der Waals surface area contributed by atoms with Gasteiger partial charge >= 0.3 is 17.9 Å². The van der Waals surface area contributed by atoms with Crippen LogP contribution in [0.2, 0.25) is 0 Å². The number of pyridine rings is 2.